The highest BCUT2D eigenvalue weighted by Gasteiger charge is 2.27. The molecule has 4 heterocycles. The minimum absolute atomic E-state index is 0.526. The molecule has 0 saturated carbocycles. The monoisotopic (exact) mass is 956 g/mol. The van der Waals surface area contributed by atoms with Crippen LogP contribution in [0.3, 0.4) is 0 Å². The van der Waals surface area contributed by atoms with Crippen LogP contribution >= 0.6 is 0 Å². The Balaban J connectivity index is 1.09. The van der Waals surface area contributed by atoms with E-state index in [1.807, 2.05) is 0 Å². The summed E-state index contributed by atoms with van der Waals surface area (Å²) in [5.41, 5.74) is 17.1. The summed E-state index contributed by atoms with van der Waals surface area (Å²) in [6, 6.07) is 95.2. The van der Waals surface area contributed by atoms with E-state index in [1.54, 1.807) is 0 Å². The second kappa shape index (κ2) is 17.3. The number of rotatable bonds is 8. The van der Waals surface area contributed by atoms with E-state index in [4.69, 9.17) is 15.0 Å². The van der Waals surface area contributed by atoms with Crippen molar-refractivity contribution in [2.45, 2.75) is 0 Å². The molecule has 6 nitrogen and oxygen atoms in total. The number of benzene rings is 11. The van der Waals surface area contributed by atoms with Crippen molar-refractivity contribution in [1.29, 1.82) is 0 Å². The summed E-state index contributed by atoms with van der Waals surface area (Å²) in [6.07, 6.45) is 0. The average Bonchev–Trinajstić information content (AvgIpc) is 4.14. The van der Waals surface area contributed by atoms with Gasteiger partial charge in [-0.25, -0.2) is 4.98 Å². The maximum absolute atomic E-state index is 5.58. The molecule has 0 aliphatic rings. The van der Waals surface area contributed by atoms with Gasteiger partial charge in [0.25, 0.3) is 0 Å². The topological polar surface area (TPSA) is 53.5 Å². The van der Waals surface area contributed by atoms with Crippen LogP contribution in [0.1, 0.15) is 0 Å². The van der Waals surface area contributed by atoms with Crippen molar-refractivity contribution in [2.24, 2.45) is 0 Å². The number of para-hydroxylation sites is 4. The lowest BCUT2D eigenvalue weighted by molar-refractivity contribution is 0.953. The molecule has 350 valence electrons. The fourth-order valence-electron chi connectivity index (χ4n) is 11.5. The normalized spacial score (nSPS) is 11.7. The van der Waals surface area contributed by atoms with E-state index in [2.05, 4.69) is 281 Å². The largest absolute Gasteiger partial charge is 0.309 e. The van der Waals surface area contributed by atoms with Gasteiger partial charge in [0.1, 0.15) is 0 Å². The molecule has 0 fully saturated rings. The average molecular weight is 957 g/mol. The van der Waals surface area contributed by atoms with Crippen molar-refractivity contribution in [3.63, 3.8) is 0 Å². The van der Waals surface area contributed by atoms with Crippen LogP contribution in [0.25, 0.3) is 139 Å². The summed E-state index contributed by atoms with van der Waals surface area (Å²) in [5, 5.41) is 6.86. The van der Waals surface area contributed by atoms with Gasteiger partial charge in [-0.05, 0) is 88.0 Å². The highest BCUT2D eigenvalue weighted by atomic mass is 15.2. The Morgan fingerprint density at radius 2 is 0.627 bits per heavy atom. The van der Waals surface area contributed by atoms with Crippen LogP contribution in [0.5, 0.6) is 0 Å². The maximum Gasteiger partial charge on any atom is 0.238 e. The van der Waals surface area contributed by atoms with Crippen molar-refractivity contribution in [2.75, 3.05) is 0 Å². The first-order valence-electron chi connectivity index (χ1n) is 25.4. The fraction of sp³-hybridized carbons (Fsp3) is 0. The Hall–Kier alpha value is -10.2. The summed E-state index contributed by atoms with van der Waals surface area (Å²) in [6.45, 7) is 0. The minimum Gasteiger partial charge on any atom is -0.309 e. The SMILES string of the molecule is c1ccc(-c2ccc(-n3c4ccccc4c4c(-n5c6ccccc6c6ccccc65)cc5c6ccccc6n(-c6nc(-c7cccc(-c8ccccc8)c7)nc(-c7cccc(-c8ccccc8)c7)n6)c5c43)cc2)cc1. The summed E-state index contributed by atoms with van der Waals surface area (Å²) < 4.78 is 7.24. The molecule has 0 atom stereocenters. The zero-order chi connectivity index (χ0) is 49.4. The molecule has 0 aliphatic carbocycles. The van der Waals surface area contributed by atoms with E-state index in [1.165, 1.54) is 16.3 Å². The van der Waals surface area contributed by atoms with Gasteiger partial charge < -0.3 is 9.13 Å². The molecule has 15 rings (SSSR count). The van der Waals surface area contributed by atoms with Gasteiger partial charge in [0.15, 0.2) is 11.6 Å². The van der Waals surface area contributed by atoms with Gasteiger partial charge in [-0.1, -0.05) is 212 Å². The smallest absolute Gasteiger partial charge is 0.238 e. The fourth-order valence-corrected chi connectivity index (χ4v) is 11.5. The number of hydrogen-bond acceptors (Lipinski definition) is 3. The molecule has 0 saturated heterocycles. The van der Waals surface area contributed by atoms with Crippen LogP contribution in [0.4, 0.5) is 0 Å². The Kier molecular flexibility index (Phi) is 9.78. The van der Waals surface area contributed by atoms with E-state index in [9.17, 15) is 0 Å². The molecule has 11 aromatic carbocycles. The van der Waals surface area contributed by atoms with E-state index >= 15 is 0 Å². The van der Waals surface area contributed by atoms with Gasteiger partial charge in [0, 0.05) is 49.1 Å². The second-order valence-corrected chi connectivity index (χ2v) is 19.2. The van der Waals surface area contributed by atoms with Gasteiger partial charge in [-0.3, -0.25) is 4.57 Å². The van der Waals surface area contributed by atoms with Crippen molar-refractivity contribution < 1.29 is 0 Å². The first kappa shape index (κ1) is 42.5. The highest BCUT2D eigenvalue weighted by molar-refractivity contribution is 6.27. The van der Waals surface area contributed by atoms with E-state index < -0.39 is 0 Å². The van der Waals surface area contributed by atoms with Crippen LogP contribution in [-0.2, 0) is 0 Å². The zero-order valence-corrected chi connectivity index (χ0v) is 40.6. The van der Waals surface area contributed by atoms with Crippen molar-refractivity contribution in [3.8, 4) is 73.5 Å². The molecule has 0 spiro atoms. The first-order chi connectivity index (χ1) is 37.2. The van der Waals surface area contributed by atoms with Gasteiger partial charge in [-0.2, -0.15) is 9.97 Å². The van der Waals surface area contributed by atoms with Gasteiger partial charge in [-0.15, -0.1) is 0 Å². The third-order valence-electron chi connectivity index (χ3n) is 14.9. The van der Waals surface area contributed by atoms with Crippen molar-refractivity contribution in [1.82, 2.24) is 28.7 Å². The van der Waals surface area contributed by atoms with Crippen LogP contribution in [-0.4, -0.2) is 28.7 Å². The Labute approximate surface area is 432 Å². The van der Waals surface area contributed by atoms with Crippen LogP contribution in [0.15, 0.2) is 267 Å². The van der Waals surface area contributed by atoms with Gasteiger partial charge in [0.05, 0.1) is 38.8 Å². The Bertz CT molecular complexity index is 4530. The summed E-state index contributed by atoms with van der Waals surface area (Å²) in [7, 11) is 0. The summed E-state index contributed by atoms with van der Waals surface area (Å²) >= 11 is 0. The molecule has 0 amide bonds. The molecule has 75 heavy (non-hydrogen) atoms. The van der Waals surface area contributed by atoms with Crippen LogP contribution < -0.4 is 0 Å². The van der Waals surface area contributed by atoms with E-state index in [-0.39, 0.29) is 0 Å². The van der Waals surface area contributed by atoms with E-state index in [0.717, 1.165) is 105 Å². The molecule has 6 heteroatoms. The van der Waals surface area contributed by atoms with Crippen molar-refractivity contribution in [3.05, 3.63) is 267 Å². The number of nitrogens with zero attached hydrogens (tertiary/aromatic N) is 6. The van der Waals surface area contributed by atoms with Crippen LogP contribution in [0, 0.1) is 0 Å². The third-order valence-corrected chi connectivity index (χ3v) is 14.9. The Morgan fingerprint density at radius 1 is 0.240 bits per heavy atom. The zero-order valence-electron chi connectivity index (χ0n) is 40.6. The molecule has 15 aromatic rings. The number of hydrogen-bond donors (Lipinski definition) is 0. The minimum atomic E-state index is 0.526. The lowest BCUT2D eigenvalue weighted by Crippen LogP contribution is -2.07. The molecule has 0 bridgehead atoms. The van der Waals surface area contributed by atoms with Crippen LogP contribution in [0.2, 0.25) is 0 Å². The first-order valence-corrected chi connectivity index (χ1v) is 25.4. The molecule has 0 N–H and O–H groups in total. The summed E-state index contributed by atoms with van der Waals surface area (Å²) in [5.74, 6) is 1.69. The maximum atomic E-state index is 5.58. The molecular weight excluding hydrogens is 913 g/mol. The van der Waals surface area contributed by atoms with Crippen molar-refractivity contribution >= 4 is 65.4 Å². The number of fused-ring (bicyclic) bond motifs is 10. The third kappa shape index (κ3) is 6.92. The summed E-state index contributed by atoms with van der Waals surface area (Å²) in [4.78, 5) is 16.5. The molecule has 0 unspecified atom stereocenters. The lowest BCUT2D eigenvalue weighted by atomic mass is 10.0. The highest BCUT2D eigenvalue weighted by Crippen LogP contribution is 2.47. The molecule has 4 aromatic heterocycles. The standard InChI is InChI=1S/C69H44N6/c1-4-20-45(21-5-1)48-38-40-53(41-39-48)73-62-37-17-13-33-57(62)64-63(74-59-34-14-10-30-54(59)55-31-11-15-35-60(55)74)44-58-56-32-12-16-36-61(56)75(65(58)66(64)73)69-71-67(51-28-18-26-49(42-51)46-22-6-2-7-23-46)70-68(72-69)52-29-19-27-50(43-52)47-24-8-3-9-25-47/h1-44H. The molecular formula is C69H44N6. The number of aromatic nitrogens is 6. The Morgan fingerprint density at radius 3 is 1.15 bits per heavy atom. The molecule has 0 radical (unpaired) electrons. The second-order valence-electron chi connectivity index (χ2n) is 19.2. The van der Waals surface area contributed by atoms with Gasteiger partial charge in [0.2, 0.25) is 5.95 Å². The van der Waals surface area contributed by atoms with Gasteiger partial charge >= 0.3 is 0 Å². The predicted molar refractivity (Wildman–Crippen MR) is 310 cm³/mol. The quantitative estimate of drug-likeness (QED) is 0.152. The lowest BCUT2D eigenvalue weighted by Gasteiger charge is -2.16. The van der Waals surface area contributed by atoms with E-state index in [0.29, 0.717) is 17.6 Å². The predicted octanol–water partition coefficient (Wildman–Crippen LogP) is 17.5. The molecule has 0 aliphatic heterocycles.